The highest BCUT2D eigenvalue weighted by molar-refractivity contribution is 6.39. The Morgan fingerprint density at radius 2 is 1.87 bits per heavy atom. The summed E-state index contributed by atoms with van der Waals surface area (Å²) in [5, 5.41) is 0.880. The van der Waals surface area contributed by atoms with Crippen molar-refractivity contribution in [3.8, 4) is 0 Å². The number of hydrogen-bond acceptors (Lipinski definition) is 1. The lowest BCUT2D eigenvalue weighted by molar-refractivity contribution is 0.0924. The molecule has 0 bridgehead atoms. The second kappa shape index (κ2) is 5.53. The van der Waals surface area contributed by atoms with Gasteiger partial charge >= 0.3 is 0 Å². The molecule has 1 rings (SSSR count). The zero-order valence-electron chi connectivity index (χ0n) is 8.89. The van der Waals surface area contributed by atoms with Crippen molar-refractivity contribution in [2.45, 2.75) is 26.7 Å². The molecular formula is C12H14Cl2O. The normalized spacial score (nSPS) is 12.5. The van der Waals surface area contributed by atoms with E-state index in [0.29, 0.717) is 15.6 Å². The fraction of sp³-hybridized carbons (Fsp3) is 0.417. The van der Waals surface area contributed by atoms with Crippen LogP contribution in [0.2, 0.25) is 10.0 Å². The smallest absolute Gasteiger partial charge is 0.168 e. The van der Waals surface area contributed by atoms with E-state index in [4.69, 9.17) is 23.2 Å². The monoisotopic (exact) mass is 244 g/mol. The fourth-order valence-electron chi connectivity index (χ4n) is 1.54. The molecule has 0 amide bonds. The van der Waals surface area contributed by atoms with E-state index in [-0.39, 0.29) is 11.7 Å². The molecule has 1 nitrogen and oxygen atoms in total. The highest BCUT2D eigenvalue weighted by atomic mass is 35.5. The predicted octanol–water partition coefficient (Wildman–Crippen LogP) is 4.61. The Balaban J connectivity index is 3.00. The van der Waals surface area contributed by atoms with Crippen LogP contribution < -0.4 is 0 Å². The highest BCUT2D eigenvalue weighted by Gasteiger charge is 2.19. The van der Waals surface area contributed by atoms with E-state index in [2.05, 4.69) is 6.92 Å². The topological polar surface area (TPSA) is 17.1 Å². The molecule has 82 valence electrons. The average molecular weight is 245 g/mol. The maximum absolute atomic E-state index is 12.0. The Kier molecular flexibility index (Phi) is 4.62. The van der Waals surface area contributed by atoms with Crippen LogP contribution in [-0.4, -0.2) is 5.78 Å². The number of benzene rings is 1. The van der Waals surface area contributed by atoms with Crippen LogP contribution in [0.15, 0.2) is 18.2 Å². The van der Waals surface area contributed by atoms with Crippen LogP contribution in [0.1, 0.15) is 37.0 Å². The van der Waals surface area contributed by atoms with Gasteiger partial charge in [-0.25, -0.2) is 0 Å². The minimum Gasteiger partial charge on any atom is -0.294 e. The van der Waals surface area contributed by atoms with Crippen molar-refractivity contribution in [3.63, 3.8) is 0 Å². The number of Topliss-reactive ketones (excluding diaryl/α,β-unsaturated/α-hetero) is 1. The third-order valence-corrected chi connectivity index (χ3v) is 3.01. The second-order valence-electron chi connectivity index (χ2n) is 3.65. The largest absolute Gasteiger partial charge is 0.294 e. The van der Waals surface area contributed by atoms with Gasteiger partial charge in [-0.15, -0.1) is 0 Å². The number of ketones is 1. The third-order valence-electron chi connectivity index (χ3n) is 2.38. The summed E-state index contributed by atoms with van der Waals surface area (Å²) in [5.41, 5.74) is 0.460. The molecule has 0 heterocycles. The van der Waals surface area contributed by atoms with Crippen LogP contribution >= 0.6 is 23.2 Å². The second-order valence-corrected chi connectivity index (χ2v) is 4.47. The molecule has 15 heavy (non-hydrogen) atoms. The number of halogens is 2. The quantitative estimate of drug-likeness (QED) is 0.708. The number of hydrogen-bond donors (Lipinski definition) is 0. The molecule has 3 heteroatoms. The number of carbonyl (C=O) groups is 1. The van der Waals surface area contributed by atoms with Gasteiger partial charge in [-0.05, 0) is 18.6 Å². The van der Waals surface area contributed by atoms with Gasteiger partial charge in [0, 0.05) is 5.92 Å². The van der Waals surface area contributed by atoms with Crippen LogP contribution in [-0.2, 0) is 0 Å². The number of carbonyl (C=O) groups excluding carboxylic acids is 1. The van der Waals surface area contributed by atoms with Crippen LogP contribution in [0.4, 0.5) is 0 Å². The first-order valence-electron chi connectivity index (χ1n) is 5.06. The molecule has 1 unspecified atom stereocenters. The molecule has 1 aromatic carbocycles. The molecule has 1 atom stereocenters. The van der Waals surface area contributed by atoms with E-state index in [1.807, 2.05) is 6.92 Å². The summed E-state index contributed by atoms with van der Waals surface area (Å²) in [5.74, 6) is 0.0138. The molecule has 0 saturated heterocycles. The lowest BCUT2D eigenvalue weighted by atomic mass is 9.95. The van der Waals surface area contributed by atoms with Crippen molar-refractivity contribution in [2.24, 2.45) is 5.92 Å². The van der Waals surface area contributed by atoms with E-state index < -0.39 is 0 Å². The van der Waals surface area contributed by atoms with Crippen molar-refractivity contribution in [1.29, 1.82) is 0 Å². The van der Waals surface area contributed by atoms with Crippen LogP contribution in [0.5, 0.6) is 0 Å². The first kappa shape index (κ1) is 12.5. The first-order chi connectivity index (χ1) is 7.07. The van der Waals surface area contributed by atoms with Gasteiger partial charge in [0.05, 0.1) is 15.6 Å². The minimum absolute atomic E-state index is 0.0209. The van der Waals surface area contributed by atoms with E-state index >= 15 is 0 Å². The molecule has 0 aromatic heterocycles. The summed E-state index contributed by atoms with van der Waals surface area (Å²) in [4.78, 5) is 12.0. The molecular weight excluding hydrogens is 231 g/mol. The molecule has 0 saturated carbocycles. The third kappa shape index (κ3) is 2.96. The predicted molar refractivity (Wildman–Crippen MR) is 64.9 cm³/mol. The SMILES string of the molecule is CCCC(C)C(=O)c1c(Cl)cccc1Cl. The van der Waals surface area contributed by atoms with Crippen LogP contribution in [0, 0.1) is 5.92 Å². The van der Waals surface area contributed by atoms with E-state index in [1.54, 1.807) is 18.2 Å². The Bertz CT molecular complexity index is 340. The van der Waals surface area contributed by atoms with Crippen molar-refractivity contribution >= 4 is 29.0 Å². The summed E-state index contributed by atoms with van der Waals surface area (Å²) in [6.07, 6.45) is 1.84. The summed E-state index contributed by atoms with van der Waals surface area (Å²) in [7, 11) is 0. The summed E-state index contributed by atoms with van der Waals surface area (Å²) >= 11 is 11.9. The summed E-state index contributed by atoms with van der Waals surface area (Å²) in [6.45, 7) is 3.96. The molecule has 0 N–H and O–H groups in total. The van der Waals surface area contributed by atoms with Crippen molar-refractivity contribution in [1.82, 2.24) is 0 Å². The minimum atomic E-state index is -0.0209. The lowest BCUT2D eigenvalue weighted by Crippen LogP contribution is -2.12. The van der Waals surface area contributed by atoms with Gasteiger partial charge in [0.25, 0.3) is 0 Å². The number of rotatable bonds is 4. The molecule has 0 aliphatic carbocycles. The van der Waals surface area contributed by atoms with Gasteiger partial charge in [-0.3, -0.25) is 4.79 Å². The summed E-state index contributed by atoms with van der Waals surface area (Å²) in [6, 6.07) is 5.13. The van der Waals surface area contributed by atoms with Gasteiger partial charge in [-0.1, -0.05) is 49.5 Å². The Hall–Kier alpha value is -0.530. The van der Waals surface area contributed by atoms with Crippen molar-refractivity contribution in [2.75, 3.05) is 0 Å². The van der Waals surface area contributed by atoms with Crippen LogP contribution in [0.25, 0.3) is 0 Å². The Labute approximate surface area is 100 Å². The van der Waals surface area contributed by atoms with Crippen LogP contribution in [0.3, 0.4) is 0 Å². The highest BCUT2D eigenvalue weighted by Crippen LogP contribution is 2.27. The van der Waals surface area contributed by atoms with E-state index in [0.717, 1.165) is 12.8 Å². The molecule has 1 aromatic rings. The molecule has 0 aliphatic heterocycles. The van der Waals surface area contributed by atoms with Crippen molar-refractivity contribution < 1.29 is 4.79 Å². The maximum atomic E-state index is 12.0. The summed E-state index contributed by atoms with van der Waals surface area (Å²) < 4.78 is 0. The fourth-order valence-corrected chi connectivity index (χ4v) is 2.13. The molecule has 0 radical (unpaired) electrons. The molecule has 0 spiro atoms. The van der Waals surface area contributed by atoms with Gasteiger partial charge in [0.2, 0.25) is 0 Å². The zero-order chi connectivity index (χ0) is 11.4. The average Bonchev–Trinajstić information content (AvgIpc) is 2.17. The Morgan fingerprint density at radius 1 is 1.33 bits per heavy atom. The van der Waals surface area contributed by atoms with Gasteiger partial charge < -0.3 is 0 Å². The maximum Gasteiger partial charge on any atom is 0.168 e. The molecule has 0 aliphatic rings. The van der Waals surface area contributed by atoms with Gasteiger partial charge in [0.15, 0.2) is 5.78 Å². The van der Waals surface area contributed by atoms with Crippen molar-refractivity contribution in [3.05, 3.63) is 33.8 Å². The molecule has 0 fully saturated rings. The van der Waals surface area contributed by atoms with Gasteiger partial charge in [0.1, 0.15) is 0 Å². The van der Waals surface area contributed by atoms with E-state index in [1.165, 1.54) is 0 Å². The lowest BCUT2D eigenvalue weighted by Gasteiger charge is -2.11. The zero-order valence-corrected chi connectivity index (χ0v) is 10.4. The first-order valence-corrected chi connectivity index (χ1v) is 5.81. The van der Waals surface area contributed by atoms with E-state index in [9.17, 15) is 4.79 Å². The van der Waals surface area contributed by atoms with Gasteiger partial charge in [-0.2, -0.15) is 0 Å². The Morgan fingerprint density at radius 3 is 2.33 bits per heavy atom. The standard InChI is InChI=1S/C12H14Cl2O/c1-3-5-8(2)12(15)11-9(13)6-4-7-10(11)14/h4,6-8H,3,5H2,1-2H3.